The summed E-state index contributed by atoms with van der Waals surface area (Å²) in [6.45, 7) is 1.78. The molecule has 0 aliphatic heterocycles. The molecule has 1 rings (SSSR count). The van der Waals surface area contributed by atoms with Gasteiger partial charge in [-0.2, -0.15) is 0 Å². The second-order valence-electron chi connectivity index (χ2n) is 3.82. The van der Waals surface area contributed by atoms with Crippen molar-refractivity contribution >= 4 is 11.8 Å². The summed E-state index contributed by atoms with van der Waals surface area (Å²) in [5.41, 5.74) is 0.255. The van der Waals surface area contributed by atoms with Gasteiger partial charge in [-0.1, -0.05) is 0 Å². The Kier molecular flexibility index (Phi) is 4.72. The largest absolute Gasteiger partial charge is 0.478 e. The van der Waals surface area contributed by atoms with Gasteiger partial charge in [0, 0.05) is 12.7 Å². The van der Waals surface area contributed by atoms with Gasteiger partial charge < -0.3 is 15.3 Å². The first kappa shape index (κ1) is 12.4. The third kappa shape index (κ3) is 4.27. The van der Waals surface area contributed by atoms with Gasteiger partial charge >= 0.3 is 5.97 Å². The molecular formula is C11H17N3O2. The van der Waals surface area contributed by atoms with Crippen molar-refractivity contribution in [2.24, 2.45) is 0 Å². The molecule has 1 aromatic rings. The van der Waals surface area contributed by atoms with Crippen LogP contribution in [0, 0.1) is 0 Å². The predicted octanol–water partition coefficient (Wildman–Crippen LogP) is 1.14. The van der Waals surface area contributed by atoms with Crippen molar-refractivity contribution in [2.75, 3.05) is 32.5 Å². The van der Waals surface area contributed by atoms with Crippen molar-refractivity contribution in [3.05, 3.63) is 23.9 Å². The van der Waals surface area contributed by atoms with Crippen LogP contribution in [-0.2, 0) is 0 Å². The molecule has 0 amide bonds. The SMILES string of the molecule is CN(C)CCCNc1cc(C(=O)O)ccn1. The maximum absolute atomic E-state index is 10.7. The highest BCUT2D eigenvalue weighted by molar-refractivity contribution is 5.88. The number of pyridine rings is 1. The molecule has 5 heteroatoms. The maximum atomic E-state index is 10.7. The zero-order chi connectivity index (χ0) is 12.0. The first-order valence-electron chi connectivity index (χ1n) is 5.17. The quantitative estimate of drug-likeness (QED) is 0.708. The summed E-state index contributed by atoms with van der Waals surface area (Å²) < 4.78 is 0. The molecule has 0 radical (unpaired) electrons. The molecule has 0 aliphatic rings. The van der Waals surface area contributed by atoms with E-state index < -0.39 is 5.97 Å². The molecule has 1 aromatic heterocycles. The predicted molar refractivity (Wildman–Crippen MR) is 62.9 cm³/mol. The minimum absolute atomic E-state index is 0.255. The normalized spacial score (nSPS) is 10.4. The van der Waals surface area contributed by atoms with Crippen LogP contribution < -0.4 is 5.32 Å². The lowest BCUT2D eigenvalue weighted by Gasteiger charge is -2.10. The number of carboxylic acids is 1. The Labute approximate surface area is 95.1 Å². The summed E-state index contributed by atoms with van der Waals surface area (Å²) in [6.07, 6.45) is 2.49. The fraction of sp³-hybridized carbons (Fsp3) is 0.455. The Bertz CT molecular complexity index is 353. The van der Waals surface area contributed by atoms with Crippen LogP contribution in [0.4, 0.5) is 5.82 Å². The Morgan fingerprint density at radius 2 is 2.31 bits per heavy atom. The summed E-state index contributed by atoms with van der Waals surface area (Å²) in [6, 6.07) is 3.02. The van der Waals surface area contributed by atoms with Crippen molar-refractivity contribution < 1.29 is 9.90 Å². The van der Waals surface area contributed by atoms with E-state index in [1.54, 1.807) is 0 Å². The highest BCUT2D eigenvalue weighted by Crippen LogP contribution is 2.06. The Morgan fingerprint density at radius 1 is 1.56 bits per heavy atom. The molecular weight excluding hydrogens is 206 g/mol. The minimum Gasteiger partial charge on any atom is -0.478 e. The van der Waals surface area contributed by atoms with Crippen LogP contribution in [-0.4, -0.2) is 48.1 Å². The van der Waals surface area contributed by atoms with Gasteiger partial charge in [0.2, 0.25) is 0 Å². The zero-order valence-corrected chi connectivity index (χ0v) is 9.60. The van der Waals surface area contributed by atoms with E-state index in [2.05, 4.69) is 15.2 Å². The summed E-state index contributed by atoms with van der Waals surface area (Å²) >= 11 is 0. The summed E-state index contributed by atoms with van der Waals surface area (Å²) in [5, 5.41) is 11.9. The molecule has 0 saturated heterocycles. The van der Waals surface area contributed by atoms with Crippen LogP contribution in [0.15, 0.2) is 18.3 Å². The highest BCUT2D eigenvalue weighted by atomic mass is 16.4. The van der Waals surface area contributed by atoms with Crippen molar-refractivity contribution in [2.45, 2.75) is 6.42 Å². The van der Waals surface area contributed by atoms with Crippen molar-refractivity contribution in [3.63, 3.8) is 0 Å². The Morgan fingerprint density at radius 3 is 2.94 bits per heavy atom. The van der Waals surface area contributed by atoms with E-state index in [0.717, 1.165) is 19.5 Å². The summed E-state index contributed by atoms with van der Waals surface area (Å²) in [5.74, 6) is -0.322. The van der Waals surface area contributed by atoms with E-state index in [1.807, 2.05) is 14.1 Å². The number of hydrogen-bond donors (Lipinski definition) is 2. The summed E-state index contributed by atoms with van der Waals surface area (Å²) in [7, 11) is 4.03. The standard InChI is InChI=1S/C11H17N3O2/c1-14(2)7-3-5-12-10-8-9(11(15)16)4-6-13-10/h4,6,8H,3,5,7H2,1-2H3,(H,12,13)(H,15,16). The molecule has 2 N–H and O–H groups in total. The number of aromatic carboxylic acids is 1. The lowest BCUT2D eigenvalue weighted by molar-refractivity contribution is 0.0697. The van der Waals surface area contributed by atoms with Crippen molar-refractivity contribution in [1.82, 2.24) is 9.88 Å². The van der Waals surface area contributed by atoms with Gasteiger partial charge in [0.25, 0.3) is 0 Å². The van der Waals surface area contributed by atoms with Crippen molar-refractivity contribution in [1.29, 1.82) is 0 Å². The third-order valence-electron chi connectivity index (χ3n) is 2.10. The zero-order valence-electron chi connectivity index (χ0n) is 9.60. The first-order valence-corrected chi connectivity index (χ1v) is 5.17. The second kappa shape index (κ2) is 6.07. The topological polar surface area (TPSA) is 65.5 Å². The number of rotatable bonds is 6. The smallest absolute Gasteiger partial charge is 0.335 e. The molecule has 5 nitrogen and oxygen atoms in total. The molecule has 1 heterocycles. The van der Waals surface area contributed by atoms with Crippen LogP contribution in [0.2, 0.25) is 0 Å². The van der Waals surface area contributed by atoms with Crippen LogP contribution in [0.3, 0.4) is 0 Å². The monoisotopic (exact) mass is 223 g/mol. The number of hydrogen-bond acceptors (Lipinski definition) is 4. The number of anilines is 1. The van der Waals surface area contributed by atoms with Gasteiger partial charge in [0.15, 0.2) is 0 Å². The average molecular weight is 223 g/mol. The highest BCUT2D eigenvalue weighted by Gasteiger charge is 2.03. The Hall–Kier alpha value is -1.62. The molecule has 0 fully saturated rings. The van der Waals surface area contributed by atoms with E-state index >= 15 is 0 Å². The van der Waals surface area contributed by atoms with Gasteiger partial charge in [-0.3, -0.25) is 0 Å². The molecule has 16 heavy (non-hydrogen) atoms. The van der Waals surface area contributed by atoms with E-state index in [9.17, 15) is 4.79 Å². The molecule has 0 unspecified atom stereocenters. The average Bonchev–Trinajstić information content (AvgIpc) is 2.24. The maximum Gasteiger partial charge on any atom is 0.335 e. The molecule has 0 saturated carbocycles. The molecule has 0 atom stereocenters. The Balaban J connectivity index is 2.42. The van der Waals surface area contributed by atoms with Gasteiger partial charge in [-0.05, 0) is 39.2 Å². The van der Waals surface area contributed by atoms with E-state index in [0.29, 0.717) is 5.82 Å². The number of carbonyl (C=O) groups is 1. The lowest BCUT2D eigenvalue weighted by atomic mass is 10.2. The number of nitrogens with one attached hydrogen (secondary N) is 1. The number of aromatic nitrogens is 1. The first-order chi connectivity index (χ1) is 7.59. The van der Waals surface area contributed by atoms with Gasteiger partial charge in [-0.15, -0.1) is 0 Å². The van der Waals surface area contributed by atoms with Crippen LogP contribution >= 0.6 is 0 Å². The number of carboxylic acid groups (broad SMARTS) is 1. The fourth-order valence-corrected chi connectivity index (χ4v) is 1.27. The van der Waals surface area contributed by atoms with E-state index in [-0.39, 0.29) is 5.56 Å². The minimum atomic E-state index is -0.932. The van der Waals surface area contributed by atoms with Crippen LogP contribution in [0.1, 0.15) is 16.8 Å². The number of nitrogens with zero attached hydrogens (tertiary/aromatic N) is 2. The molecule has 0 aliphatic carbocycles. The van der Waals surface area contributed by atoms with E-state index in [4.69, 9.17) is 5.11 Å². The molecule has 0 aromatic carbocycles. The van der Waals surface area contributed by atoms with Crippen molar-refractivity contribution in [3.8, 4) is 0 Å². The van der Waals surface area contributed by atoms with Gasteiger partial charge in [-0.25, -0.2) is 9.78 Å². The third-order valence-corrected chi connectivity index (χ3v) is 2.10. The van der Waals surface area contributed by atoms with E-state index in [1.165, 1.54) is 18.3 Å². The second-order valence-corrected chi connectivity index (χ2v) is 3.82. The fourth-order valence-electron chi connectivity index (χ4n) is 1.27. The molecule has 88 valence electrons. The van der Waals surface area contributed by atoms with Gasteiger partial charge in [0.05, 0.1) is 5.56 Å². The molecule has 0 spiro atoms. The summed E-state index contributed by atoms with van der Waals surface area (Å²) in [4.78, 5) is 16.9. The molecule has 0 bridgehead atoms. The van der Waals surface area contributed by atoms with Gasteiger partial charge in [0.1, 0.15) is 5.82 Å². The lowest BCUT2D eigenvalue weighted by Crippen LogP contribution is -2.16. The van der Waals surface area contributed by atoms with Crippen LogP contribution in [0.5, 0.6) is 0 Å². The van der Waals surface area contributed by atoms with Crippen LogP contribution in [0.25, 0.3) is 0 Å².